The molecule has 1 aromatic rings. The van der Waals surface area contributed by atoms with Gasteiger partial charge in [0.25, 0.3) is 5.91 Å². The quantitative estimate of drug-likeness (QED) is 0.425. The Labute approximate surface area is 123 Å². The molecular weight excluding hydrogens is 274 g/mol. The summed E-state index contributed by atoms with van der Waals surface area (Å²) in [7, 11) is 2.74. The molecule has 114 valence electrons. The number of phenolic OH excluding ortho intramolecular Hbond substituents is 1. The zero-order valence-corrected chi connectivity index (χ0v) is 12.0. The smallest absolute Gasteiger partial charge is 0.251 e. The maximum atomic E-state index is 12.1. The fraction of sp³-hybridized carbons (Fsp3) is 0.357. The minimum absolute atomic E-state index is 0.00153. The van der Waals surface area contributed by atoms with Crippen LogP contribution in [0.25, 0.3) is 0 Å². The number of amides is 1. The molecule has 7 heteroatoms. The first-order valence-electron chi connectivity index (χ1n) is 6.09. The van der Waals surface area contributed by atoms with Crippen molar-refractivity contribution < 1.29 is 19.4 Å². The Bertz CT molecular complexity index is 539. The summed E-state index contributed by atoms with van der Waals surface area (Å²) < 4.78 is 9.95. The Kier molecular flexibility index (Phi) is 5.41. The van der Waals surface area contributed by atoms with E-state index in [0.717, 1.165) is 0 Å². The minimum atomic E-state index is -1.19. The maximum Gasteiger partial charge on any atom is 0.251 e. The number of ether oxygens (including phenoxy) is 2. The van der Waals surface area contributed by atoms with Crippen LogP contribution in [0.2, 0.25) is 0 Å². The van der Waals surface area contributed by atoms with Crippen molar-refractivity contribution in [2.24, 2.45) is 11.5 Å². The fourth-order valence-corrected chi connectivity index (χ4v) is 1.62. The van der Waals surface area contributed by atoms with Crippen molar-refractivity contribution in [3.8, 4) is 29.6 Å². The van der Waals surface area contributed by atoms with Crippen LogP contribution in [0.5, 0.6) is 17.2 Å². The molecule has 0 heterocycles. The second kappa shape index (κ2) is 6.83. The molecule has 0 fully saturated rings. The van der Waals surface area contributed by atoms with Crippen molar-refractivity contribution in [3.63, 3.8) is 0 Å². The Morgan fingerprint density at radius 3 is 2.33 bits per heavy atom. The fourth-order valence-electron chi connectivity index (χ4n) is 1.62. The average Bonchev–Trinajstić information content (AvgIpc) is 2.45. The van der Waals surface area contributed by atoms with Crippen LogP contribution in [-0.2, 0) is 0 Å². The van der Waals surface area contributed by atoms with Crippen molar-refractivity contribution in [1.82, 2.24) is 5.32 Å². The van der Waals surface area contributed by atoms with E-state index in [1.165, 1.54) is 26.4 Å². The normalized spacial score (nSPS) is 10.6. The molecular formula is C14H19N3O4. The summed E-state index contributed by atoms with van der Waals surface area (Å²) in [4.78, 5) is 12.1. The standard InChI is InChI=1S/C14H19N3O4/c1-4-5-14(15,16)8-17-13(19)9-6-10(20-2)12(18)11(7-9)21-3/h1,6-7,18H,5,8,15-16H2,2-3H3,(H,17,19). The molecule has 0 radical (unpaired) electrons. The molecule has 0 unspecified atom stereocenters. The Morgan fingerprint density at radius 1 is 1.38 bits per heavy atom. The number of hydrogen-bond acceptors (Lipinski definition) is 6. The predicted octanol–water partition coefficient (Wildman–Crippen LogP) is -0.224. The number of carbonyl (C=O) groups excluding carboxylic acids is 1. The summed E-state index contributed by atoms with van der Waals surface area (Å²) in [5, 5.41) is 12.3. The minimum Gasteiger partial charge on any atom is -0.502 e. The largest absolute Gasteiger partial charge is 0.502 e. The SMILES string of the molecule is C#CCC(N)(N)CNC(=O)c1cc(OC)c(O)c(OC)c1. The van der Waals surface area contributed by atoms with Gasteiger partial charge < -0.3 is 31.4 Å². The maximum absolute atomic E-state index is 12.1. The highest BCUT2D eigenvalue weighted by atomic mass is 16.5. The van der Waals surface area contributed by atoms with Crippen LogP contribution in [0.15, 0.2) is 12.1 Å². The predicted molar refractivity (Wildman–Crippen MR) is 78.1 cm³/mol. The first kappa shape index (κ1) is 16.6. The highest BCUT2D eigenvalue weighted by Gasteiger charge is 2.20. The number of carbonyl (C=O) groups is 1. The van der Waals surface area contributed by atoms with Gasteiger partial charge in [0.05, 0.1) is 19.9 Å². The molecule has 1 aromatic carbocycles. The van der Waals surface area contributed by atoms with Gasteiger partial charge in [-0.25, -0.2) is 0 Å². The third-order valence-electron chi connectivity index (χ3n) is 2.75. The Balaban J connectivity index is 2.91. The van der Waals surface area contributed by atoms with Crippen LogP contribution in [0.4, 0.5) is 0 Å². The lowest BCUT2D eigenvalue weighted by Gasteiger charge is -2.22. The van der Waals surface area contributed by atoms with E-state index in [2.05, 4.69) is 11.2 Å². The van der Waals surface area contributed by atoms with Crippen molar-refractivity contribution in [3.05, 3.63) is 17.7 Å². The van der Waals surface area contributed by atoms with E-state index < -0.39 is 11.6 Å². The zero-order valence-electron chi connectivity index (χ0n) is 12.0. The van der Waals surface area contributed by atoms with E-state index in [9.17, 15) is 9.90 Å². The van der Waals surface area contributed by atoms with Crippen LogP contribution in [0.3, 0.4) is 0 Å². The number of aromatic hydroxyl groups is 1. The molecule has 1 rings (SSSR count). The van der Waals surface area contributed by atoms with Crippen LogP contribution in [0.1, 0.15) is 16.8 Å². The summed E-state index contributed by atoms with van der Waals surface area (Å²) in [5.41, 5.74) is 10.5. The number of benzene rings is 1. The Morgan fingerprint density at radius 2 is 1.90 bits per heavy atom. The number of nitrogens with one attached hydrogen (secondary N) is 1. The van der Waals surface area contributed by atoms with Crippen molar-refractivity contribution in [2.45, 2.75) is 12.1 Å². The molecule has 0 saturated heterocycles. The van der Waals surface area contributed by atoms with Gasteiger partial charge in [-0.2, -0.15) is 0 Å². The van der Waals surface area contributed by atoms with E-state index >= 15 is 0 Å². The molecule has 0 spiro atoms. The molecule has 0 aliphatic heterocycles. The van der Waals surface area contributed by atoms with Crippen molar-refractivity contribution in [2.75, 3.05) is 20.8 Å². The number of hydrogen-bond donors (Lipinski definition) is 4. The van der Waals surface area contributed by atoms with Gasteiger partial charge in [-0.3, -0.25) is 4.79 Å². The van der Waals surface area contributed by atoms with E-state index in [4.69, 9.17) is 27.4 Å². The molecule has 0 aliphatic carbocycles. The van der Waals surface area contributed by atoms with Crippen LogP contribution < -0.4 is 26.3 Å². The lowest BCUT2D eigenvalue weighted by atomic mass is 10.1. The molecule has 7 nitrogen and oxygen atoms in total. The van der Waals surface area contributed by atoms with Crippen LogP contribution in [-0.4, -0.2) is 37.4 Å². The highest BCUT2D eigenvalue weighted by molar-refractivity contribution is 5.95. The molecule has 0 atom stereocenters. The third kappa shape index (κ3) is 4.27. The summed E-state index contributed by atoms with van der Waals surface area (Å²) in [6.45, 7) is 0.00153. The molecule has 0 bridgehead atoms. The molecule has 21 heavy (non-hydrogen) atoms. The summed E-state index contributed by atoms with van der Waals surface area (Å²) in [6, 6.07) is 2.76. The topological polar surface area (TPSA) is 120 Å². The molecule has 6 N–H and O–H groups in total. The zero-order chi connectivity index (χ0) is 16.0. The highest BCUT2D eigenvalue weighted by Crippen LogP contribution is 2.36. The van der Waals surface area contributed by atoms with E-state index in [0.29, 0.717) is 0 Å². The van der Waals surface area contributed by atoms with Gasteiger partial charge in [0, 0.05) is 18.5 Å². The van der Waals surface area contributed by atoms with Gasteiger partial charge in [-0.15, -0.1) is 12.3 Å². The second-order valence-corrected chi connectivity index (χ2v) is 4.53. The first-order valence-corrected chi connectivity index (χ1v) is 6.09. The number of rotatable bonds is 6. The Hall–Kier alpha value is -2.43. The number of terminal acetylenes is 1. The van der Waals surface area contributed by atoms with E-state index in [1.807, 2.05) is 0 Å². The van der Waals surface area contributed by atoms with Crippen molar-refractivity contribution in [1.29, 1.82) is 0 Å². The molecule has 1 amide bonds. The second-order valence-electron chi connectivity index (χ2n) is 4.53. The summed E-state index contributed by atoms with van der Waals surface area (Å²) >= 11 is 0. The summed E-state index contributed by atoms with van der Waals surface area (Å²) in [5.74, 6) is 1.96. The molecule has 0 aromatic heterocycles. The van der Waals surface area contributed by atoms with E-state index in [-0.39, 0.29) is 35.8 Å². The van der Waals surface area contributed by atoms with Crippen LogP contribution in [0, 0.1) is 12.3 Å². The number of methoxy groups -OCH3 is 2. The third-order valence-corrected chi connectivity index (χ3v) is 2.75. The number of nitrogens with two attached hydrogens (primary N) is 2. The van der Waals surface area contributed by atoms with Gasteiger partial charge in [0.15, 0.2) is 11.5 Å². The molecule has 0 aliphatic rings. The molecule has 0 saturated carbocycles. The van der Waals surface area contributed by atoms with Crippen molar-refractivity contribution >= 4 is 5.91 Å². The lowest BCUT2D eigenvalue weighted by molar-refractivity contribution is 0.0943. The monoisotopic (exact) mass is 293 g/mol. The van der Waals surface area contributed by atoms with Crippen LogP contribution >= 0.6 is 0 Å². The van der Waals surface area contributed by atoms with Gasteiger partial charge >= 0.3 is 0 Å². The summed E-state index contributed by atoms with van der Waals surface area (Å²) in [6.07, 6.45) is 5.26. The van der Waals surface area contributed by atoms with Gasteiger partial charge in [-0.1, -0.05) is 0 Å². The first-order chi connectivity index (χ1) is 9.84. The van der Waals surface area contributed by atoms with Gasteiger partial charge in [0.1, 0.15) is 0 Å². The lowest BCUT2D eigenvalue weighted by Crippen LogP contribution is -2.57. The average molecular weight is 293 g/mol. The van der Waals surface area contributed by atoms with E-state index in [1.54, 1.807) is 0 Å². The number of phenols is 1. The van der Waals surface area contributed by atoms with Gasteiger partial charge in [-0.05, 0) is 12.1 Å². The van der Waals surface area contributed by atoms with Gasteiger partial charge in [0.2, 0.25) is 5.75 Å².